The molecule has 0 aliphatic carbocycles. The Bertz CT molecular complexity index is 394. The number of carboxylic acid groups (broad SMARTS) is 1. The van der Waals surface area contributed by atoms with Crippen LogP contribution in [0.4, 0.5) is 0 Å². The molecule has 0 aromatic heterocycles. The van der Waals surface area contributed by atoms with Gasteiger partial charge in [0.2, 0.25) is 10.0 Å². The lowest BCUT2D eigenvalue weighted by atomic mass is 9.97. The fourth-order valence-electron chi connectivity index (χ4n) is 1.49. The van der Waals surface area contributed by atoms with E-state index in [0.29, 0.717) is 13.0 Å². The minimum Gasteiger partial charge on any atom is -0.480 e. The van der Waals surface area contributed by atoms with E-state index in [1.807, 2.05) is 0 Å². The van der Waals surface area contributed by atoms with Crippen molar-refractivity contribution in [1.82, 2.24) is 4.72 Å². The Kier molecular flexibility index (Phi) is 4.13. The van der Waals surface area contributed by atoms with Crippen molar-refractivity contribution in [3.05, 3.63) is 0 Å². The first-order chi connectivity index (χ1) is 7.69. The summed E-state index contributed by atoms with van der Waals surface area (Å²) in [5.41, 5.74) is -1.27. The van der Waals surface area contributed by atoms with Crippen molar-refractivity contribution in [3.63, 3.8) is 0 Å². The Morgan fingerprint density at radius 3 is 2.65 bits per heavy atom. The van der Waals surface area contributed by atoms with E-state index in [0.717, 1.165) is 6.92 Å². The van der Waals surface area contributed by atoms with Crippen molar-refractivity contribution in [2.75, 3.05) is 13.2 Å². The molecule has 0 saturated carbocycles. The zero-order valence-corrected chi connectivity index (χ0v) is 10.5. The van der Waals surface area contributed by atoms with Crippen LogP contribution in [0.2, 0.25) is 0 Å². The summed E-state index contributed by atoms with van der Waals surface area (Å²) in [6.45, 7) is 2.83. The van der Waals surface area contributed by atoms with Crippen molar-refractivity contribution in [3.8, 4) is 0 Å². The number of hydrogen-bond acceptors (Lipinski definition) is 5. The molecular formula is C9H17NO6S. The molecule has 1 rings (SSSR count). The van der Waals surface area contributed by atoms with Gasteiger partial charge in [0.25, 0.3) is 0 Å². The van der Waals surface area contributed by atoms with Crippen LogP contribution in [-0.4, -0.2) is 54.7 Å². The quantitative estimate of drug-likeness (QED) is 0.584. The Balaban J connectivity index is 2.65. The maximum atomic E-state index is 11.5. The van der Waals surface area contributed by atoms with E-state index in [1.54, 1.807) is 6.92 Å². The van der Waals surface area contributed by atoms with Gasteiger partial charge in [0.1, 0.15) is 5.60 Å². The highest BCUT2D eigenvalue weighted by Gasteiger charge is 2.41. The highest BCUT2D eigenvalue weighted by molar-refractivity contribution is 7.90. The summed E-state index contributed by atoms with van der Waals surface area (Å²) >= 11 is 0. The number of aliphatic hydroxyl groups is 1. The van der Waals surface area contributed by atoms with E-state index < -0.39 is 32.9 Å². The second-order valence-electron chi connectivity index (χ2n) is 4.21. The van der Waals surface area contributed by atoms with Gasteiger partial charge in [-0.1, -0.05) is 0 Å². The summed E-state index contributed by atoms with van der Waals surface area (Å²) in [5, 5.41) is 17.1. The number of carbonyl (C=O) groups is 1. The molecule has 7 nitrogen and oxygen atoms in total. The van der Waals surface area contributed by atoms with Crippen LogP contribution in [0.25, 0.3) is 0 Å². The summed E-state index contributed by atoms with van der Waals surface area (Å²) in [6, 6.07) is 0. The molecule has 0 aromatic carbocycles. The Hall–Kier alpha value is -0.700. The maximum absolute atomic E-state index is 11.5. The fraction of sp³-hybridized carbons (Fsp3) is 0.889. The molecular weight excluding hydrogens is 250 g/mol. The number of carboxylic acids is 1. The molecule has 0 aromatic rings. The SMILES string of the molecule is CC1OCCC1(O)CNS(=O)(=O)C(C)C(=O)O. The van der Waals surface area contributed by atoms with E-state index in [4.69, 9.17) is 9.84 Å². The van der Waals surface area contributed by atoms with Gasteiger partial charge in [-0.25, -0.2) is 13.1 Å². The molecule has 1 saturated heterocycles. The van der Waals surface area contributed by atoms with E-state index in [2.05, 4.69) is 4.72 Å². The van der Waals surface area contributed by atoms with Gasteiger partial charge in [0.15, 0.2) is 5.25 Å². The van der Waals surface area contributed by atoms with Gasteiger partial charge >= 0.3 is 5.97 Å². The largest absolute Gasteiger partial charge is 0.480 e. The first kappa shape index (κ1) is 14.4. The van der Waals surface area contributed by atoms with Crippen LogP contribution in [0.1, 0.15) is 20.3 Å². The Labute approximate surface area is 99.8 Å². The minimum atomic E-state index is -3.97. The summed E-state index contributed by atoms with van der Waals surface area (Å²) in [5.74, 6) is -1.43. The lowest BCUT2D eigenvalue weighted by Crippen LogP contribution is -2.49. The van der Waals surface area contributed by atoms with Gasteiger partial charge in [-0.2, -0.15) is 0 Å². The zero-order valence-electron chi connectivity index (χ0n) is 9.71. The van der Waals surface area contributed by atoms with Crippen molar-refractivity contribution in [1.29, 1.82) is 0 Å². The zero-order chi connectivity index (χ0) is 13.3. The predicted molar refractivity (Wildman–Crippen MR) is 59.0 cm³/mol. The second kappa shape index (κ2) is 4.89. The second-order valence-corrected chi connectivity index (χ2v) is 6.30. The minimum absolute atomic E-state index is 0.242. The van der Waals surface area contributed by atoms with Crippen LogP contribution >= 0.6 is 0 Å². The summed E-state index contributed by atoms with van der Waals surface area (Å²) < 4.78 is 30.3. The molecule has 1 aliphatic heterocycles. The van der Waals surface area contributed by atoms with E-state index in [1.165, 1.54) is 0 Å². The fourth-order valence-corrected chi connectivity index (χ4v) is 2.45. The van der Waals surface area contributed by atoms with Gasteiger partial charge in [-0.3, -0.25) is 4.79 Å². The van der Waals surface area contributed by atoms with Crippen LogP contribution in [0.5, 0.6) is 0 Å². The van der Waals surface area contributed by atoms with Gasteiger partial charge < -0.3 is 14.9 Å². The molecule has 3 atom stereocenters. The Morgan fingerprint density at radius 2 is 2.24 bits per heavy atom. The highest BCUT2D eigenvalue weighted by atomic mass is 32.2. The van der Waals surface area contributed by atoms with E-state index >= 15 is 0 Å². The number of aliphatic carboxylic acids is 1. The van der Waals surface area contributed by atoms with E-state index in [-0.39, 0.29) is 6.54 Å². The summed E-state index contributed by atoms with van der Waals surface area (Å²) in [6.07, 6.45) is -0.164. The van der Waals surface area contributed by atoms with Gasteiger partial charge in [-0.15, -0.1) is 0 Å². The smallest absolute Gasteiger partial charge is 0.323 e. The molecule has 3 N–H and O–H groups in total. The Morgan fingerprint density at radius 1 is 1.65 bits per heavy atom. The van der Waals surface area contributed by atoms with Crippen molar-refractivity contribution >= 4 is 16.0 Å². The number of rotatable bonds is 5. The van der Waals surface area contributed by atoms with Crippen molar-refractivity contribution < 1.29 is 28.2 Å². The normalized spacial score (nSPS) is 31.4. The molecule has 1 heterocycles. The van der Waals surface area contributed by atoms with E-state index in [9.17, 15) is 18.3 Å². The lowest BCUT2D eigenvalue weighted by Gasteiger charge is -2.26. The lowest BCUT2D eigenvalue weighted by molar-refractivity contribution is -0.136. The number of sulfonamides is 1. The molecule has 1 aliphatic rings. The molecule has 3 unspecified atom stereocenters. The molecule has 0 amide bonds. The van der Waals surface area contributed by atoms with Crippen molar-refractivity contribution in [2.45, 2.75) is 37.2 Å². The maximum Gasteiger partial charge on any atom is 0.323 e. The van der Waals surface area contributed by atoms with Gasteiger partial charge in [0, 0.05) is 19.6 Å². The average molecular weight is 267 g/mol. The first-order valence-corrected chi connectivity index (χ1v) is 6.79. The van der Waals surface area contributed by atoms with Gasteiger partial charge in [0.05, 0.1) is 6.10 Å². The van der Waals surface area contributed by atoms with Crippen LogP contribution in [-0.2, 0) is 19.6 Å². The monoisotopic (exact) mass is 267 g/mol. The highest BCUT2D eigenvalue weighted by Crippen LogP contribution is 2.25. The molecule has 0 spiro atoms. The predicted octanol–water partition coefficient (Wildman–Crippen LogP) is -1.08. The summed E-state index contributed by atoms with van der Waals surface area (Å²) in [7, 11) is -3.97. The van der Waals surface area contributed by atoms with Gasteiger partial charge in [-0.05, 0) is 13.8 Å². The van der Waals surface area contributed by atoms with Crippen LogP contribution in [0.3, 0.4) is 0 Å². The molecule has 0 bridgehead atoms. The number of ether oxygens (including phenoxy) is 1. The average Bonchev–Trinajstić information content (AvgIpc) is 2.56. The molecule has 17 heavy (non-hydrogen) atoms. The molecule has 100 valence electrons. The van der Waals surface area contributed by atoms with Crippen LogP contribution in [0.15, 0.2) is 0 Å². The number of nitrogens with one attached hydrogen (secondary N) is 1. The third kappa shape index (κ3) is 3.15. The standard InChI is InChI=1S/C9H17NO6S/c1-6(8(11)12)17(14,15)10-5-9(13)3-4-16-7(9)2/h6-7,10,13H,3-5H2,1-2H3,(H,11,12). The third-order valence-electron chi connectivity index (χ3n) is 3.05. The molecule has 0 radical (unpaired) electrons. The topological polar surface area (TPSA) is 113 Å². The molecule has 8 heteroatoms. The summed E-state index contributed by atoms with van der Waals surface area (Å²) in [4.78, 5) is 10.6. The first-order valence-electron chi connectivity index (χ1n) is 5.24. The third-order valence-corrected chi connectivity index (χ3v) is 4.73. The van der Waals surface area contributed by atoms with Crippen molar-refractivity contribution in [2.24, 2.45) is 0 Å². The van der Waals surface area contributed by atoms with Crippen LogP contribution in [0, 0.1) is 0 Å². The van der Waals surface area contributed by atoms with Crippen LogP contribution < -0.4 is 4.72 Å². The molecule has 1 fully saturated rings. The number of hydrogen-bond donors (Lipinski definition) is 3.